The summed E-state index contributed by atoms with van der Waals surface area (Å²) >= 11 is 5.62. The highest BCUT2D eigenvalue weighted by Gasteiger charge is 2.49. The minimum absolute atomic E-state index is 0. The van der Waals surface area contributed by atoms with Crippen molar-refractivity contribution in [2.24, 2.45) is 5.73 Å². The van der Waals surface area contributed by atoms with Crippen molar-refractivity contribution < 1.29 is 23.2 Å². The van der Waals surface area contributed by atoms with Gasteiger partial charge in [0.15, 0.2) is 0 Å². The third-order valence-electron chi connectivity index (χ3n) is 2.46. The highest BCUT2D eigenvalue weighted by atomic mass is 35.5. The van der Waals surface area contributed by atoms with Crippen LogP contribution < -0.4 is 5.73 Å². The summed E-state index contributed by atoms with van der Waals surface area (Å²) in [7, 11) is 0. The van der Waals surface area contributed by atoms with Gasteiger partial charge < -0.3 is 10.5 Å². The summed E-state index contributed by atoms with van der Waals surface area (Å²) in [5, 5.41) is 10.8. The van der Waals surface area contributed by atoms with E-state index in [4.69, 9.17) is 17.3 Å². The Bertz CT molecular complexity index is 543. The number of carbonyl (C=O) groups is 1. The van der Waals surface area contributed by atoms with Crippen molar-refractivity contribution in [3.05, 3.63) is 38.9 Å². The van der Waals surface area contributed by atoms with Crippen LogP contribution in [0.4, 0.5) is 14.5 Å². The monoisotopic (exact) mass is 344 g/mol. The van der Waals surface area contributed by atoms with Crippen LogP contribution >= 0.6 is 24.0 Å². The molecule has 0 unspecified atom stereocenters. The van der Waals surface area contributed by atoms with Gasteiger partial charge in [-0.3, -0.25) is 10.1 Å². The quantitative estimate of drug-likeness (QED) is 0.503. The molecule has 6 nitrogen and oxygen atoms in total. The van der Waals surface area contributed by atoms with Gasteiger partial charge in [0, 0.05) is 11.1 Å². The molecule has 1 rings (SSSR count). The first-order valence-electron chi connectivity index (χ1n) is 5.46. The number of nitro benzene ring substituents is 1. The maximum absolute atomic E-state index is 13.8. The summed E-state index contributed by atoms with van der Waals surface area (Å²) in [5.74, 6) is -5.95. The molecule has 118 valence electrons. The van der Waals surface area contributed by atoms with Crippen molar-refractivity contribution in [2.45, 2.75) is 18.9 Å². The topological polar surface area (TPSA) is 95.5 Å². The normalized spacial score (nSPS) is 12.2. The Morgan fingerprint density at radius 2 is 2.14 bits per heavy atom. The number of esters is 1. The van der Waals surface area contributed by atoms with Crippen LogP contribution in [0.3, 0.4) is 0 Å². The molecule has 1 atom stereocenters. The number of carbonyl (C=O) groups excluding carboxylic acids is 1. The third-order valence-corrected chi connectivity index (χ3v) is 2.69. The first kappa shape index (κ1) is 19.5. The summed E-state index contributed by atoms with van der Waals surface area (Å²) in [4.78, 5) is 21.1. The standard InChI is InChI=1S/C11H11ClF2N2O4.ClH/c1-2-20-10(17)11(13,14)9(15)7-5-6(12)3-4-8(7)16(18)19;/h3-5,9H,2,15H2,1H3;1H/t9-;/m0./s1. The van der Waals surface area contributed by atoms with Crippen LogP contribution in [0.25, 0.3) is 0 Å². The van der Waals surface area contributed by atoms with Crippen molar-refractivity contribution in [1.82, 2.24) is 0 Å². The van der Waals surface area contributed by atoms with Gasteiger partial charge in [-0.05, 0) is 19.1 Å². The zero-order valence-corrected chi connectivity index (χ0v) is 12.3. The molecule has 1 aromatic carbocycles. The number of nitro groups is 1. The molecule has 0 aliphatic heterocycles. The Hall–Kier alpha value is -1.51. The van der Waals surface area contributed by atoms with Gasteiger partial charge in [-0.2, -0.15) is 8.78 Å². The lowest BCUT2D eigenvalue weighted by Gasteiger charge is -2.21. The van der Waals surface area contributed by atoms with Crippen molar-refractivity contribution in [3.8, 4) is 0 Å². The van der Waals surface area contributed by atoms with E-state index < -0.39 is 34.1 Å². The predicted molar refractivity (Wildman–Crippen MR) is 73.9 cm³/mol. The van der Waals surface area contributed by atoms with E-state index in [0.717, 1.165) is 12.1 Å². The van der Waals surface area contributed by atoms with Gasteiger partial charge in [-0.25, -0.2) is 4.79 Å². The first-order chi connectivity index (χ1) is 9.21. The van der Waals surface area contributed by atoms with Gasteiger partial charge in [0.05, 0.1) is 17.1 Å². The van der Waals surface area contributed by atoms with Gasteiger partial charge in [-0.1, -0.05) is 11.6 Å². The highest BCUT2D eigenvalue weighted by Crippen LogP contribution is 2.36. The van der Waals surface area contributed by atoms with Crippen molar-refractivity contribution in [3.63, 3.8) is 0 Å². The Morgan fingerprint density at radius 3 is 2.62 bits per heavy atom. The molecule has 0 radical (unpaired) electrons. The lowest BCUT2D eigenvalue weighted by molar-refractivity contribution is -0.386. The Kier molecular flexibility index (Phi) is 6.95. The van der Waals surface area contributed by atoms with E-state index in [1.54, 1.807) is 0 Å². The number of nitrogens with zero attached hydrogens (tertiary/aromatic N) is 1. The van der Waals surface area contributed by atoms with Gasteiger partial charge in [0.1, 0.15) is 6.04 Å². The van der Waals surface area contributed by atoms with Gasteiger partial charge >= 0.3 is 11.9 Å². The highest BCUT2D eigenvalue weighted by molar-refractivity contribution is 6.30. The minimum Gasteiger partial charge on any atom is -0.462 e. The van der Waals surface area contributed by atoms with E-state index in [1.807, 2.05) is 0 Å². The van der Waals surface area contributed by atoms with Crippen LogP contribution in [0.1, 0.15) is 18.5 Å². The number of hydrogen-bond donors (Lipinski definition) is 1. The van der Waals surface area contributed by atoms with Crippen molar-refractivity contribution in [1.29, 1.82) is 0 Å². The molecule has 0 saturated heterocycles. The van der Waals surface area contributed by atoms with E-state index >= 15 is 0 Å². The SMILES string of the molecule is CCOC(=O)C(F)(F)[C@@H](N)c1cc(Cl)ccc1[N+](=O)[O-].Cl. The molecule has 0 saturated carbocycles. The van der Waals surface area contributed by atoms with E-state index in [2.05, 4.69) is 4.74 Å². The molecular weight excluding hydrogens is 333 g/mol. The Balaban J connectivity index is 0.00000400. The maximum Gasteiger partial charge on any atom is 0.379 e. The lowest BCUT2D eigenvalue weighted by atomic mass is 9.99. The molecule has 1 aromatic rings. The second-order valence-corrected chi connectivity index (χ2v) is 4.22. The van der Waals surface area contributed by atoms with Gasteiger partial charge in [0.2, 0.25) is 0 Å². The molecule has 10 heteroatoms. The van der Waals surface area contributed by atoms with Crippen molar-refractivity contribution >= 4 is 35.7 Å². The number of halogens is 4. The van der Waals surface area contributed by atoms with Crippen LogP contribution in [0.2, 0.25) is 5.02 Å². The molecule has 2 N–H and O–H groups in total. The van der Waals surface area contributed by atoms with E-state index in [1.165, 1.54) is 13.0 Å². The number of nitrogens with two attached hydrogens (primary N) is 1. The molecule has 0 amide bonds. The zero-order valence-electron chi connectivity index (χ0n) is 10.7. The van der Waals surface area contributed by atoms with Crippen molar-refractivity contribution in [2.75, 3.05) is 6.61 Å². The third kappa shape index (κ3) is 4.23. The van der Waals surface area contributed by atoms with Crippen LogP contribution in [0, 0.1) is 10.1 Å². The minimum atomic E-state index is -4.11. The average Bonchev–Trinajstić information content (AvgIpc) is 2.37. The van der Waals surface area contributed by atoms with Gasteiger partial charge in [0.25, 0.3) is 5.69 Å². The molecular formula is C11H12Cl2F2N2O4. The number of hydrogen-bond acceptors (Lipinski definition) is 5. The number of ether oxygens (including phenoxy) is 1. The van der Waals surface area contributed by atoms with Crippen LogP contribution in [-0.2, 0) is 9.53 Å². The summed E-state index contributed by atoms with van der Waals surface area (Å²) in [6, 6.07) is 0.801. The molecule has 0 aliphatic carbocycles. The van der Waals surface area contributed by atoms with Gasteiger partial charge in [-0.15, -0.1) is 12.4 Å². The summed E-state index contributed by atoms with van der Waals surface area (Å²) in [6.45, 7) is 1.08. The van der Waals surface area contributed by atoms with E-state index in [-0.39, 0.29) is 24.0 Å². The second kappa shape index (κ2) is 7.48. The maximum atomic E-state index is 13.8. The molecule has 0 heterocycles. The largest absolute Gasteiger partial charge is 0.462 e. The molecule has 21 heavy (non-hydrogen) atoms. The fraction of sp³-hybridized carbons (Fsp3) is 0.364. The second-order valence-electron chi connectivity index (χ2n) is 3.78. The molecule has 0 aromatic heterocycles. The predicted octanol–water partition coefficient (Wildman–Crippen LogP) is 2.87. The first-order valence-corrected chi connectivity index (χ1v) is 5.84. The molecule has 0 bridgehead atoms. The fourth-order valence-corrected chi connectivity index (χ4v) is 1.67. The summed E-state index contributed by atoms with van der Waals surface area (Å²) < 4.78 is 31.8. The fourth-order valence-electron chi connectivity index (χ4n) is 1.49. The van der Waals surface area contributed by atoms with Crippen LogP contribution in [-0.4, -0.2) is 23.4 Å². The smallest absolute Gasteiger partial charge is 0.379 e. The number of alkyl halides is 2. The Morgan fingerprint density at radius 1 is 1.57 bits per heavy atom. The zero-order chi connectivity index (χ0) is 15.5. The summed E-state index contributed by atoms with van der Waals surface area (Å²) in [6.07, 6.45) is 0. The van der Waals surface area contributed by atoms with E-state index in [0.29, 0.717) is 0 Å². The Labute approximate surface area is 129 Å². The molecule has 0 spiro atoms. The number of rotatable bonds is 5. The average molecular weight is 345 g/mol. The van der Waals surface area contributed by atoms with E-state index in [9.17, 15) is 23.7 Å². The summed E-state index contributed by atoms with van der Waals surface area (Å²) in [5.41, 5.74) is 4.11. The molecule has 0 aliphatic rings. The molecule has 0 fully saturated rings. The van der Waals surface area contributed by atoms with Crippen LogP contribution in [0.15, 0.2) is 18.2 Å². The lowest BCUT2D eigenvalue weighted by Crippen LogP contribution is -2.42. The number of benzene rings is 1. The van der Waals surface area contributed by atoms with Crippen LogP contribution in [0.5, 0.6) is 0 Å².